The van der Waals surface area contributed by atoms with Crippen LogP contribution in [0, 0.1) is 0 Å². The summed E-state index contributed by atoms with van der Waals surface area (Å²) in [5.74, 6) is 0. The Balaban J connectivity index is 2.03. The number of nitrogens with two attached hydrogens (primary N) is 2. The zero-order valence-electron chi connectivity index (χ0n) is 11.5. The molecule has 1 aliphatic rings. The lowest BCUT2D eigenvalue weighted by Gasteiger charge is -2.32. The van der Waals surface area contributed by atoms with Gasteiger partial charge in [-0.1, -0.05) is 24.3 Å². The van der Waals surface area contributed by atoms with Crippen molar-refractivity contribution in [1.29, 1.82) is 0 Å². The Bertz CT molecular complexity index is 787. The smallest absolute Gasteiger partial charge is 0.240 e. The second-order valence-corrected chi connectivity index (χ2v) is 6.70. The minimum absolute atomic E-state index is 0.156. The molecule has 0 saturated heterocycles. The lowest BCUT2D eigenvalue weighted by Crippen LogP contribution is -2.32. The molecule has 1 heterocycles. The number of anilines is 2. The van der Waals surface area contributed by atoms with Gasteiger partial charge in [-0.15, -0.1) is 0 Å². The summed E-state index contributed by atoms with van der Waals surface area (Å²) < 4.78 is 23.5. The van der Waals surface area contributed by atoms with Crippen molar-refractivity contribution in [3.63, 3.8) is 0 Å². The van der Waals surface area contributed by atoms with Crippen molar-refractivity contribution in [2.24, 2.45) is 5.14 Å². The lowest BCUT2D eigenvalue weighted by atomic mass is 9.98. The van der Waals surface area contributed by atoms with E-state index in [9.17, 15) is 8.42 Å². The van der Waals surface area contributed by atoms with Gasteiger partial charge in [-0.2, -0.15) is 0 Å². The van der Waals surface area contributed by atoms with E-state index in [2.05, 4.69) is 6.07 Å². The Morgan fingerprint density at radius 1 is 1.05 bits per heavy atom. The van der Waals surface area contributed by atoms with E-state index >= 15 is 0 Å². The number of rotatable bonds is 2. The summed E-state index contributed by atoms with van der Waals surface area (Å²) in [6.07, 6.45) is 0.833. The zero-order valence-corrected chi connectivity index (χ0v) is 12.3. The third kappa shape index (κ3) is 2.59. The zero-order chi connectivity index (χ0) is 15.0. The van der Waals surface area contributed by atoms with Gasteiger partial charge < -0.3 is 10.6 Å². The topological polar surface area (TPSA) is 89.4 Å². The van der Waals surface area contributed by atoms with Crippen LogP contribution in [0.5, 0.6) is 0 Å². The minimum atomic E-state index is -3.74. The average Bonchev–Trinajstić information content (AvgIpc) is 2.46. The summed E-state index contributed by atoms with van der Waals surface area (Å²) in [5, 5.41) is 5.31. The Morgan fingerprint density at radius 2 is 1.81 bits per heavy atom. The van der Waals surface area contributed by atoms with E-state index in [-0.39, 0.29) is 4.90 Å². The van der Waals surface area contributed by atoms with Crippen LogP contribution in [0.2, 0.25) is 0 Å². The van der Waals surface area contributed by atoms with E-state index in [4.69, 9.17) is 10.9 Å². The standard InChI is InChI=1S/C15H17N3O2S/c16-13-5-3-4-11-8-9-18(10-12(11)13)14-6-1-2-7-15(14)21(17,19)20/h1-7H,8-10,16H2,(H2,17,19,20). The van der Waals surface area contributed by atoms with Crippen LogP contribution in [-0.2, 0) is 23.0 Å². The van der Waals surface area contributed by atoms with Crippen molar-refractivity contribution in [2.45, 2.75) is 17.9 Å². The van der Waals surface area contributed by atoms with Gasteiger partial charge in [-0.3, -0.25) is 0 Å². The first-order chi connectivity index (χ1) is 9.97. The molecule has 0 radical (unpaired) electrons. The van der Waals surface area contributed by atoms with E-state index < -0.39 is 10.0 Å². The molecular weight excluding hydrogens is 286 g/mol. The molecule has 0 amide bonds. The maximum atomic E-state index is 11.7. The van der Waals surface area contributed by atoms with Crippen LogP contribution in [0.15, 0.2) is 47.4 Å². The molecule has 0 atom stereocenters. The number of hydrogen-bond donors (Lipinski definition) is 2. The highest BCUT2D eigenvalue weighted by Gasteiger charge is 2.23. The average molecular weight is 303 g/mol. The molecule has 21 heavy (non-hydrogen) atoms. The third-order valence-electron chi connectivity index (χ3n) is 3.82. The van der Waals surface area contributed by atoms with Crippen LogP contribution < -0.4 is 15.8 Å². The van der Waals surface area contributed by atoms with Crippen molar-refractivity contribution in [2.75, 3.05) is 17.2 Å². The largest absolute Gasteiger partial charge is 0.398 e. The minimum Gasteiger partial charge on any atom is -0.398 e. The highest BCUT2D eigenvalue weighted by molar-refractivity contribution is 7.89. The first kappa shape index (κ1) is 13.9. The molecule has 0 bridgehead atoms. The molecule has 0 saturated carbocycles. The summed E-state index contributed by atoms with van der Waals surface area (Å²) in [5.41, 5.74) is 9.69. The number of para-hydroxylation sites is 1. The molecule has 0 spiro atoms. The molecule has 0 fully saturated rings. The number of hydrogen-bond acceptors (Lipinski definition) is 4. The Kier molecular flexibility index (Phi) is 3.35. The van der Waals surface area contributed by atoms with Crippen LogP contribution in [0.25, 0.3) is 0 Å². The number of sulfonamides is 1. The van der Waals surface area contributed by atoms with Crippen molar-refractivity contribution in [3.8, 4) is 0 Å². The number of nitrogens with zero attached hydrogens (tertiary/aromatic N) is 1. The molecule has 3 rings (SSSR count). The molecule has 2 aromatic carbocycles. The van der Waals surface area contributed by atoms with E-state index in [1.807, 2.05) is 23.1 Å². The van der Waals surface area contributed by atoms with Crippen molar-refractivity contribution in [3.05, 3.63) is 53.6 Å². The first-order valence-electron chi connectivity index (χ1n) is 6.70. The summed E-state index contributed by atoms with van der Waals surface area (Å²) in [4.78, 5) is 2.17. The third-order valence-corrected chi connectivity index (χ3v) is 4.78. The van der Waals surface area contributed by atoms with Crippen LogP contribution in [0.3, 0.4) is 0 Å². The molecule has 0 aromatic heterocycles. The Hall–Kier alpha value is -2.05. The maximum Gasteiger partial charge on any atom is 0.240 e. The fourth-order valence-electron chi connectivity index (χ4n) is 2.77. The summed E-state index contributed by atoms with van der Waals surface area (Å²) in [6.45, 7) is 1.33. The SMILES string of the molecule is Nc1cccc2c1CN(c1ccccc1S(N)(=O)=O)CC2. The van der Waals surface area contributed by atoms with Gasteiger partial charge in [-0.25, -0.2) is 13.6 Å². The van der Waals surface area contributed by atoms with Gasteiger partial charge in [0, 0.05) is 18.8 Å². The highest BCUT2D eigenvalue weighted by Crippen LogP contribution is 2.31. The van der Waals surface area contributed by atoms with Gasteiger partial charge in [0.2, 0.25) is 10.0 Å². The quantitative estimate of drug-likeness (QED) is 0.822. The number of primary sulfonamides is 1. The molecule has 0 unspecified atom stereocenters. The van der Waals surface area contributed by atoms with Crippen LogP contribution in [0.1, 0.15) is 11.1 Å². The van der Waals surface area contributed by atoms with E-state index in [1.54, 1.807) is 12.1 Å². The number of fused-ring (bicyclic) bond motifs is 1. The van der Waals surface area contributed by atoms with Crippen molar-refractivity contribution in [1.82, 2.24) is 0 Å². The summed E-state index contributed by atoms with van der Waals surface area (Å²) >= 11 is 0. The second kappa shape index (κ2) is 5.05. The van der Waals surface area contributed by atoms with Crippen molar-refractivity contribution < 1.29 is 8.42 Å². The van der Waals surface area contributed by atoms with E-state index in [0.29, 0.717) is 12.2 Å². The molecule has 2 aromatic rings. The predicted octanol–water partition coefficient (Wildman–Crippen LogP) is 1.48. The normalized spacial score (nSPS) is 14.8. The Labute approximate surface area is 124 Å². The molecular formula is C15H17N3O2S. The van der Waals surface area contributed by atoms with Crippen LogP contribution in [0.4, 0.5) is 11.4 Å². The Morgan fingerprint density at radius 3 is 2.57 bits per heavy atom. The molecule has 1 aliphatic heterocycles. The lowest BCUT2D eigenvalue weighted by molar-refractivity contribution is 0.596. The van der Waals surface area contributed by atoms with Crippen molar-refractivity contribution >= 4 is 21.4 Å². The van der Waals surface area contributed by atoms with E-state index in [1.165, 1.54) is 11.6 Å². The van der Waals surface area contributed by atoms with Crippen LogP contribution >= 0.6 is 0 Å². The van der Waals surface area contributed by atoms with E-state index in [0.717, 1.165) is 24.2 Å². The fourth-order valence-corrected chi connectivity index (χ4v) is 3.53. The van der Waals surface area contributed by atoms with Gasteiger partial charge in [0.1, 0.15) is 4.90 Å². The number of nitrogen functional groups attached to an aromatic ring is 1. The molecule has 110 valence electrons. The molecule has 4 N–H and O–H groups in total. The predicted molar refractivity (Wildman–Crippen MR) is 83.4 cm³/mol. The summed E-state index contributed by atoms with van der Waals surface area (Å²) in [7, 11) is -3.74. The summed E-state index contributed by atoms with van der Waals surface area (Å²) in [6, 6.07) is 12.7. The van der Waals surface area contributed by atoms with Gasteiger partial charge in [-0.05, 0) is 35.7 Å². The molecule has 6 heteroatoms. The maximum absolute atomic E-state index is 11.7. The van der Waals surface area contributed by atoms with Gasteiger partial charge in [0.15, 0.2) is 0 Å². The second-order valence-electron chi connectivity index (χ2n) is 5.17. The molecule has 5 nitrogen and oxygen atoms in total. The first-order valence-corrected chi connectivity index (χ1v) is 8.24. The number of benzene rings is 2. The fraction of sp³-hybridized carbons (Fsp3) is 0.200. The van der Waals surface area contributed by atoms with Gasteiger partial charge >= 0.3 is 0 Å². The van der Waals surface area contributed by atoms with Crippen LogP contribution in [-0.4, -0.2) is 15.0 Å². The van der Waals surface area contributed by atoms with Gasteiger partial charge in [0.05, 0.1) is 5.69 Å². The molecule has 0 aliphatic carbocycles. The highest BCUT2D eigenvalue weighted by atomic mass is 32.2. The monoisotopic (exact) mass is 303 g/mol. The van der Waals surface area contributed by atoms with Gasteiger partial charge in [0.25, 0.3) is 0 Å².